The van der Waals surface area contributed by atoms with E-state index in [1.165, 1.54) is 0 Å². The molecule has 0 radical (unpaired) electrons. The molecule has 0 bridgehead atoms. The van der Waals surface area contributed by atoms with Gasteiger partial charge in [0.25, 0.3) is 0 Å². The van der Waals surface area contributed by atoms with Crippen molar-refractivity contribution in [3.05, 3.63) is 71.2 Å². The lowest BCUT2D eigenvalue weighted by Gasteiger charge is -2.33. The van der Waals surface area contributed by atoms with Gasteiger partial charge >= 0.3 is 0 Å². The van der Waals surface area contributed by atoms with E-state index in [-0.39, 0.29) is 0 Å². The SMILES string of the molecule is Cc1ccc(S(=O)(=O)N2CCN(Cc3ncc(-c4ccc(Cl)cc4)o3)CC2)cc1. The summed E-state index contributed by atoms with van der Waals surface area (Å²) in [5.41, 5.74) is 1.96. The zero-order chi connectivity index (χ0) is 20.4. The van der Waals surface area contributed by atoms with E-state index in [0.29, 0.717) is 54.3 Å². The molecule has 0 unspecified atom stereocenters. The van der Waals surface area contributed by atoms with Crippen LogP contribution in [0.25, 0.3) is 11.3 Å². The fraction of sp³-hybridized carbons (Fsp3) is 0.286. The van der Waals surface area contributed by atoms with Crippen LogP contribution in [0.4, 0.5) is 0 Å². The highest BCUT2D eigenvalue weighted by Crippen LogP contribution is 2.23. The minimum atomic E-state index is -3.45. The molecule has 1 aliphatic rings. The predicted octanol–water partition coefficient (Wildman–Crippen LogP) is 3.81. The van der Waals surface area contributed by atoms with Gasteiger partial charge in [0.1, 0.15) is 0 Å². The van der Waals surface area contributed by atoms with Crippen LogP contribution in [-0.4, -0.2) is 48.8 Å². The van der Waals surface area contributed by atoms with E-state index in [1.54, 1.807) is 22.6 Å². The number of nitrogens with zero attached hydrogens (tertiary/aromatic N) is 3. The number of oxazole rings is 1. The van der Waals surface area contributed by atoms with Gasteiger partial charge in [0.15, 0.2) is 5.76 Å². The fourth-order valence-corrected chi connectivity index (χ4v) is 4.86. The molecule has 4 rings (SSSR count). The number of aryl methyl sites for hydroxylation is 1. The molecule has 3 aromatic rings. The van der Waals surface area contributed by atoms with E-state index in [1.807, 2.05) is 43.3 Å². The summed E-state index contributed by atoms with van der Waals surface area (Å²) in [6.45, 7) is 4.64. The lowest BCUT2D eigenvalue weighted by Crippen LogP contribution is -2.48. The molecular formula is C21H22ClN3O3S. The Labute approximate surface area is 175 Å². The van der Waals surface area contributed by atoms with Gasteiger partial charge in [-0.2, -0.15) is 4.31 Å². The molecule has 0 aliphatic carbocycles. The molecule has 0 amide bonds. The Morgan fingerprint density at radius 2 is 1.66 bits per heavy atom. The third-order valence-electron chi connectivity index (χ3n) is 5.03. The first-order chi connectivity index (χ1) is 13.9. The van der Waals surface area contributed by atoms with Crippen molar-refractivity contribution in [1.82, 2.24) is 14.2 Å². The van der Waals surface area contributed by atoms with Crippen molar-refractivity contribution in [2.45, 2.75) is 18.4 Å². The third kappa shape index (κ3) is 4.53. The van der Waals surface area contributed by atoms with Crippen LogP contribution < -0.4 is 0 Å². The van der Waals surface area contributed by atoms with E-state index in [9.17, 15) is 8.42 Å². The van der Waals surface area contributed by atoms with Crippen LogP contribution in [0, 0.1) is 6.92 Å². The summed E-state index contributed by atoms with van der Waals surface area (Å²) in [4.78, 5) is 6.86. The van der Waals surface area contributed by atoms with Crippen LogP contribution in [0.5, 0.6) is 0 Å². The Balaban J connectivity index is 1.37. The predicted molar refractivity (Wildman–Crippen MR) is 112 cm³/mol. The smallest absolute Gasteiger partial charge is 0.243 e. The van der Waals surface area contributed by atoms with Gasteiger partial charge in [0.2, 0.25) is 15.9 Å². The molecule has 6 nitrogen and oxygen atoms in total. The van der Waals surface area contributed by atoms with Crippen molar-refractivity contribution in [3.8, 4) is 11.3 Å². The Hall–Kier alpha value is -2.19. The second kappa shape index (κ2) is 8.28. The molecule has 0 atom stereocenters. The van der Waals surface area contributed by atoms with Gasteiger partial charge in [-0.25, -0.2) is 13.4 Å². The van der Waals surface area contributed by atoms with Gasteiger partial charge in [-0.05, 0) is 43.3 Å². The minimum absolute atomic E-state index is 0.344. The topological polar surface area (TPSA) is 66.7 Å². The number of aromatic nitrogens is 1. The maximum Gasteiger partial charge on any atom is 0.243 e. The van der Waals surface area contributed by atoms with E-state index in [4.69, 9.17) is 16.0 Å². The van der Waals surface area contributed by atoms with Crippen LogP contribution in [0.15, 0.2) is 64.0 Å². The number of piperazine rings is 1. The van der Waals surface area contributed by atoms with Gasteiger partial charge in [-0.1, -0.05) is 29.3 Å². The number of hydrogen-bond acceptors (Lipinski definition) is 5. The van der Waals surface area contributed by atoms with Gasteiger partial charge in [0.05, 0.1) is 17.6 Å². The van der Waals surface area contributed by atoms with Crippen LogP contribution in [0.1, 0.15) is 11.5 Å². The fourth-order valence-electron chi connectivity index (χ4n) is 3.31. The Kier molecular flexibility index (Phi) is 5.74. The molecule has 1 aliphatic heterocycles. The highest BCUT2D eigenvalue weighted by molar-refractivity contribution is 7.89. The first-order valence-corrected chi connectivity index (χ1v) is 11.2. The minimum Gasteiger partial charge on any atom is -0.439 e. The molecule has 1 aromatic heterocycles. The second-order valence-electron chi connectivity index (χ2n) is 7.12. The molecule has 1 fully saturated rings. The number of sulfonamides is 1. The first-order valence-electron chi connectivity index (χ1n) is 9.42. The average molecular weight is 432 g/mol. The highest BCUT2D eigenvalue weighted by atomic mass is 35.5. The summed E-state index contributed by atoms with van der Waals surface area (Å²) in [5.74, 6) is 1.31. The van der Waals surface area contributed by atoms with Crippen molar-refractivity contribution in [3.63, 3.8) is 0 Å². The number of hydrogen-bond donors (Lipinski definition) is 0. The summed E-state index contributed by atoms with van der Waals surface area (Å²) in [6, 6.07) is 14.4. The number of halogens is 1. The summed E-state index contributed by atoms with van der Waals surface area (Å²) in [7, 11) is -3.45. The largest absolute Gasteiger partial charge is 0.439 e. The summed E-state index contributed by atoms with van der Waals surface area (Å²) < 4.78 is 33.0. The maximum atomic E-state index is 12.8. The van der Waals surface area contributed by atoms with Crippen molar-refractivity contribution >= 4 is 21.6 Å². The molecule has 1 saturated heterocycles. The first kappa shape index (κ1) is 20.1. The molecule has 152 valence electrons. The highest BCUT2D eigenvalue weighted by Gasteiger charge is 2.28. The van der Waals surface area contributed by atoms with E-state index in [2.05, 4.69) is 9.88 Å². The van der Waals surface area contributed by atoms with Crippen molar-refractivity contribution < 1.29 is 12.8 Å². The van der Waals surface area contributed by atoms with E-state index < -0.39 is 10.0 Å². The standard InChI is InChI=1S/C21H22ClN3O3S/c1-16-2-8-19(9-3-16)29(26,27)25-12-10-24(11-13-25)15-21-23-14-20(28-21)17-4-6-18(22)7-5-17/h2-9,14H,10-13,15H2,1H3. The number of rotatable bonds is 5. The number of benzene rings is 2. The zero-order valence-corrected chi connectivity index (χ0v) is 17.7. The Morgan fingerprint density at radius 3 is 2.31 bits per heavy atom. The zero-order valence-electron chi connectivity index (χ0n) is 16.1. The van der Waals surface area contributed by atoms with Crippen molar-refractivity contribution in [2.75, 3.05) is 26.2 Å². The van der Waals surface area contributed by atoms with E-state index >= 15 is 0 Å². The van der Waals surface area contributed by atoms with Crippen LogP contribution in [0.2, 0.25) is 5.02 Å². The van der Waals surface area contributed by atoms with Crippen molar-refractivity contribution in [1.29, 1.82) is 0 Å². The van der Waals surface area contributed by atoms with Gasteiger partial charge in [0, 0.05) is 36.8 Å². The normalized spacial score (nSPS) is 16.2. The Bertz CT molecular complexity index is 1070. The quantitative estimate of drug-likeness (QED) is 0.614. The summed E-state index contributed by atoms with van der Waals surface area (Å²) in [6.07, 6.45) is 1.71. The van der Waals surface area contributed by atoms with Crippen molar-refractivity contribution in [2.24, 2.45) is 0 Å². The molecule has 2 heterocycles. The van der Waals surface area contributed by atoms with Gasteiger partial charge < -0.3 is 4.42 Å². The molecule has 0 spiro atoms. The van der Waals surface area contributed by atoms with Gasteiger partial charge in [-0.3, -0.25) is 4.90 Å². The molecular weight excluding hydrogens is 410 g/mol. The lowest BCUT2D eigenvalue weighted by molar-refractivity contribution is 0.168. The summed E-state index contributed by atoms with van der Waals surface area (Å²) in [5, 5.41) is 0.673. The second-order valence-corrected chi connectivity index (χ2v) is 9.49. The maximum absolute atomic E-state index is 12.8. The van der Waals surface area contributed by atoms with Crippen LogP contribution in [-0.2, 0) is 16.6 Å². The average Bonchev–Trinajstić information content (AvgIpc) is 3.18. The van der Waals surface area contributed by atoms with Crippen LogP contribution >= 0.6 is 11.6 Å². The molecule has 0 saturated carbocycles. The monoisotopic (exact) mass is 431 g/mol. The third-order valence-corrected chi connectivity index (χ3v) is 7.20. The Morgan fingerprint density at radius 1 is 1.00 bits per heavy atom. The lowest BCUT2D eigenvalue weighted by atomic mass is 10.2. The molecule has 0 N–H and O–H groups in total. The van der Waals surface area contributed by atoms with Gasteiger partial charge in [-0.15, -0.1) is 0 Å². The van der Waals surface area contributed by atoms with Crippen LogP contribution in [0.3, 0.4) is 0 Å². The molecule has 2 aromatic carbocycles. The summed E-state index contributed by atoms with van der Waals surface area (Å²) >= 11 is 5.92. The molecule has 8 heteroatoms. The molecule has 29 heavy (non-hydrogen) atoms. The van der Waals surface area contributed by atoms with E-state index in [0.717, 1.165) is 11.1 Å².